The van der Waals surface area contributed by atoms with Crippen molar-refractivity contribution in [3.63, 3.8) is 0 Å². The predicted molar refractivity (Wildman–Crippen MR) is 79.6 cm³/mol. The summed E-state index contributed by atoms with van der Waals surface area (Å²) in [6.07, 6.45) is 0.522. The van der Waals surface area contributed by atoms with E-state index in [1.54, 1.807) is 17.0 Å². The number of nitrogens with zero attached hydrogens (tertiary/aromatic N) is 1. The summed E-state index contributed by atoms with van der Waals surface area (Å²) in [5, 5.41) is 2.93. The fourth-order valence-corrected chi connectivity index (χ4v) is 2.57. The van der Waals surface area contributed by atoms with Crippen LogP contribution in [0.15, 0.2) is 18.2 Å². The van der Waals surface area contributed by atoms with E-state index in [1.165, 1.54) is 6.07 Å². The Bertz CT molecular complexity index is 604. The molecule has 0 aromatic heterocycles. The van der Waals surface area contributed by atoms with Crippen LogP contribution in [0.25, 0.3) is 0 Å². The quantitative estimate of drug-likeness (QED) is 0.677. The Kier molecular flexibility index (Phi) is 4.98. The Morgan fingerprint density at radius 3 is 2.67 bits per heavy atom. The number of benzene rings is 1. The van der Waals surface area contributed by atoms with Gasteiger partial charge >= 0.3 is 0 Å². The number of piperazine rings is 1. The zero-order valence-electron chi connectivity index (χ0n) is 11.4. The van der Waals surface area contributed by atoms with Crippen LogP contribution in [0.4, 0.5) is 0 Å². The Morgan fingerprint density at radius 1 is 1.33 bits per heavy atom. The van der Waals surface area contributed by atoms with Crippen LogP contribution in [0, 0.1) is 0 Å². The van der Waals surface area contributed by atoms with Crippen LogP contribution in [0.3, 0.4) is 0 Å². The van der Waals surface area contributed by atoms with Crippen molar-refractivity contribution in [1.29, 1.82) is 0 Å². The number of hydrogen-bond acceptors (Lipinski definition) is 4. The number of amides is 2. The van der Waals surface area contributed by atoms with Crippen LogP contribution in [0.1, 0.15) is 23.7 Å². The Labute approximate surface area is 132 Å². The highest BCUT2D eigenvalue weighted by Gasteiger charge is 2.33. The average molecular weight is 329 g/mol. The lowest BCUT2D eigenvalue weighted by atomic mass is 10.1. The molecule has 1 saturated heterocycles. The third kappa shape index (κ3) is 3.61. The summed E-state index contributed by atoms with van der Waals surface area (Å²) in [4.78, 5) is 37.0. The van der Waals surface area contributed by atoms with Crippen molar-refractivity contribution in [1.82, 2.24) is 10.2 Å². The van der Waals surface area contributed by atoms with Crippen LogP contribution in [0.2, 0.25) is 10.0 Å². The zero-order valence-corrected chi connectivity index (χ0v) is 12.9. The van der Waals surface area contributed by atoms with Gasteiger partial charge in [-0.2, -0.15) is 0 Å². The molecular weight excluding hydrogens is 315 g/mol. The number of halogens is 2. The zero-order chi connectivity index (χ0) is 15.6. The maximum Gasteiger partial charge on any atom is 0.243 e. The molecule has 2 rings (SSSR count). The number of ketones is 1. The first-order valence-corrected chi connectivity index (χ1v) is 7.24. The molecule has 0 aliphatic carbocycles. The molecule has 0 spiro atoms. The Balaban J connectivity index is 2.15. The van der Waals surface area contributed by atoms with E-state index >= 15 is 0 Å². The highest BCUT2D eigenvalue weighted by Crippen LogP contribution is 2.23. The first kappa shape index (κ1) is 15.9. The summed E-state index contributed by atoms with van der Waals surface area (Å²) < 4.78 is 0. The molecule has 0 saturated carbocycles. The van der Waals surface area contributed by atoms with Crippen molar-refractivity contribution in [2.75, 3.05) is 13.1 Å². The first-order chi connectivity index (χ1) is 9.92. The highest BCUT2D eigenvalue weighted by atomic mass is 35.5. The number of carbonyl (C=O) groups is 3. The van der Waals surface area contributed by atoms with E-state index in [1.807, 2.05) is 6.92 Å². The SMILES string of the molecule is CCC1C(=O)NC(=O)CN1CC(=O)c1ccc(Cl)c(Cl)c1. The van der Waals surface area contributed by atoms with Gasteiger partial charge in [-0.3, -0.25) is 24.6 Å². The largest absolute Gasteiger partial charge is 0.294 e. The Hall–Kier alpha value is -1.43. The monoisotopic (exact) mass is 328 g/mol. The fourth-order valence-electron chi connectivity index (χ4n) is 2.28. The highest BCUT2D eigenvalue weighted by molar-refractivity contribution is 6.42. The molecule has 1 N–H and O–H groups in total. The van der Waals surface area contributed by atoms with Crippen LogP contribution < -0.4 is 5.32 Å². The number of Topliss-reactive ketones (excluding diaryl/α,β-unsaturated/α-hetero) is 1. The molecule has 1 aromatic carbocycles. The first-order valence-electron chi connectivity index (χ1n) is 6.48. The maximum atomic E-state index is 12.3. The summed E-state index contributed by atoms with van der Waals surface area (Å²) >= 11 is 11.7. The molecule has 0 radical (unpaired) electrons. The van der Waals surface area contributed by atoms with Crippen molar-refractivity contribution in [2.24, 2.45) is 0 Å². The summed E-state index contributed by atoms with van der Waals surface area (Å²) in [5.74, 6) is -0.975. The van der Waals surface area contributed by atoms with Crippen molar-refractivity contribution >= 4 is 40.8 Å². The lowest BCUT2D eigenvalue weighted by Gasteiger charge is -2.32. The van der Waals surface area contributed by atoms with Crippen molar-refractivity contribution in [3.05, 3.63) is 33.8 Å². The standard InChI is InChI=1S/C14H14Cl2N2O3/c1-2-11-14(21)17-13(20)7-18(11)6-12(19)8-3-4-9(15)10(16)5-8/h3-5,11H,2,6-7H2,1H3,(H,17,20,21). The summed E-state index contributed by atoms with van der Waals surface area (Å²) in [7, 11) is 0. The van der Waals surface area contributed by atoms with Crippen molar-refractivity contribution in [2.45, 2.75) is 19.4 Å². The van der Waals surface area contributed by atoms with Crippen LogP contribution in [-0.2, 0) is 9.59 Å². The van der Waals surface area contributed by atoms with Gasteiger partial charge in [-0.1, -0.05) is 30.1 Å². The molecule has 1 heterocycles. The van der Waals surface area contributed by atoms with Gasteiger partial charge in [0.2, 0.25) is 11.8 Å². The lowest BCUT2D eigenvalue weighted by Crippen LogP contribution is -2.58. The molecule has 7 heteroatoms. The van der Waals surface area contributed by atoms with Crippen molar-refractivity contribution in [3.8, 4) is 0 Å². The Morgan fingerprint density at radius 2 is 2.05 bits per heavy atom. The third-order valence-corrected chi connectivity index (χ3v) is 4.07. The summed E-state index contributed by atoms with van der Waals surface area (Å²) in [6.45, 7) is 1.84. The second-order valence-corrected chi connectivity index (χ2v) is 5.61. The molecule has 1 aromatic rings. The van der Waals surface area contributed by atoms with Gasteiger partial charge in [0, 0.05) is 5.56 Å². The molecule has 1 unspecified atom stereocenters. The molecule has 0 bridgehead atoms. The van der Waals surface area contributed by atoms with Gasteiger partial charge in [0.15, 0.2) is 5.78 Å². The van der Waals surface area contributed by atoms with Gasteiger partial charge in [-0.25, -0.2) is 0 Å². The van der Waals surface area contributed by atoms with Gasteiger partial charge in [0.1, 0.15) is 0 Å². The molecule has 1 aliphatic rings. The van der Waals surface area contributed by atoms with E-state index in [0.29, 0.717) is 22.0 Å². The topological polar surface area (TPSA) is 66.5 Å². The second kappa shape index (κ2) is 6.56. The minimum Gasteiger partial charge on any atom is -0.294 e. The molecule has 2 amide bonds. The number of nitrogens with one attached hydrogen (secondary N) is 1. The minimum atomic E-state index is -0.477. The van der Waals surface area contributed by atoms with Gasteiger partial charge in [-0.15, -0.1) is 0 Å². The average Bonchev–Trinajstić information content (AvgIpc) is 2.41. The molecule has 1 aliphatic heterocycles. The molecular formula is C14H14Cl2N2O3. The van der Waals surface area contributed by atoms with Gasteiger partial charge < -0.3 is 0 Å². The van der Waals surface area contributed by atoms with Crippen LogP contribution in [0.5, 0.6) is 0 Å². The fraction of sp³-hybridized carbons (Fsp3) is 0.357. The summed E-state index contributed by atoms with van der Waals surface area (Å²) in [5.41, 5.74) is 0.401. The van der Waals surface area contributed by atoms with Gasteiger partial charge in [-0.05, 0) is 24.6 Å². The smallest absolute Gasteiger partial charge is 0.243 e. The van der Waals surface area contributed by atoms with E-state index < -0.39 is 11.9 Å². The molecule has 5 nitrogen and oxygen atoms in total. The van der Waals surface area contributed by atoms with E-state index in [2.05, 4.69) is 5.32 Å². The number of imide groups is 1. The molecule has 21 heavy (non-hydrogen) atoms. The van der Waals surface area contributed by atoms with E-state index in [9.17, 15) is 14.4 Å². The maximum absolute atomic E-state index is 12.3. The van der Waals surface area contributed by atoms with Crippen LogP contribution >= 0.6 is 23.2 Å². The molecule has 1 fully saturated rings. The van der Waals surface area contributed by atoms with Gasteiger partial charge in [0.05, 0.1) is 29.2 Å². The molecule has 112 valence electrons. The van der Waals surface area contributed by atoms with E-state index in [0.717, 1.165) is 0 Å². The normalized spacial score (nSPS) is 19.5. The number of carbonyl (C=O) groups excluding carboxylic acids is 3. The predicted octanol–water partition coefficient (Wildman–Crippen LogP) is 1.91. The molecule has 1 atom stereocenters. The lowest BCUT2D eigenvalue weighted by molar-refractivity contribution is -0.139. The number of rotatable bonds is 4. The summed E-state index contributed by atoms with van der Waals surface area (Å²) in [6, 6.07) is 4.12. The van der Waals surface area contributed by atoms with Gasteiger partial charge in [0.25, 0.3) is 0 Å². The second-order valence-electron chi connectivity index (χ2n) is 4.79. The third-order valence-electron chi connectivity index (χ3n) is 3.33. The number of hydrogen-bond donors (Lipinski definition) is 1. The van der Waals surface area contributed by atoms with E-state index in [4.69, 9.17) is 23.2 Å². The minimum absolute atomic E-state index is 0.0182. The van der Waals surface area contributed by atoms with E-state index in [-0.39, 0.29) is 24.8 Å². The van der Waals surface area contributed by atoms with Crippen molar-refractivity contribution < 1.29 is 14.4 Å². The van der Waals surface area contributed by atoms with Crippen LogP contribution in [-0.4, -0.2) is 41.6 Å².